The Labute approximate surface area is 213 Å². The van der Waals surface area contributed by atoms with Gasteiger partial charge in [-0.1, -0.05) is 41.5 Å². The Kier molecular flexibility index (Phi) is 11.2. The van der Waals surface area contributed by atoms with Crippen LogP contribution in [0.25, 0.3) is 0 Å². The molecule has 1 heterocycles. The summed E-state index contributed by atoms with van der Waals surface area (Å²) in [4.78, 5) is 22.8. The van der Waals surface area contributed by atoms with Crippen LogP contribution in [0.3, 0.4) is 0 Å². The third kappa shape index (κ3) is 6.05. The van der Waals surface area contributed by atoms with Crippen LogP contribution >= 0.6 is 14.1 Å². The van der Waals surface area contributed by atoms with Crippen LogP contribution in [0.1, 0.15) is 107 Å². The molecule has 7 nitrogen and oxygen atoms in total. The largest absolute Gasteiger partial charge is 0.384 e. The van der Waals surface area contributed by atoms with E-state index in [1.54, 1.807) is 13.8 Å². The molecule has 0 aromatic rings. The monoisotopic (exact) mass is 540 g/mol. The molecular formula is C23H47BO7P2S. The zero-order valence-electron chi connectivity index (χ0n) is 22.5. The van der Waals surface area contributed by atoms with Crippen LogP contribution in [0.4, 0.5) is 0 Å². The van der Waals surface area contributed by atoms with Gasteiger partial charge in [0.1, 0.15) is 7.85 Å². The highest BCUT2D eigenvalue weighted by Gasteiger charge is 2.61. The number of rotatable bonds is 14. The molecule has 1 fully saturated rings. The van der Waals surface area contributed by atoms with Crippen LogP contribution in [-0.2, 0) is 30.2 Å². The van der Waals surface area contributed by atoms with Gasteiger partial charge in [0.25, 0.3) is 0 Å². The fourth-order valence-corrected chi connectivity index (χ4v) is 11.1. The maximum atomic E-state index is 13.2. The lowest BCUT2D eigenvalue weighted by molar-refractivity contribution is -0.0593. The molecule has 11 heteroatoms. The van der Waals surface area contributed by atoms with Gasteiger partial charge in [-0.15, -0.1) is 0 Å². The van der Waals surface area contributed by atoms with Crippen LogP contribution < -0.4 is 0 Å². The molecule has 1 aliphatic heterocycles. The summed E-state index contributed by atoms with van der Waals surface area (Å²) in [6.45, 7) is 12.5. The van der Waals surface area contributed by atoms with Gasteiger partial charge < -0.3 is 24.2 Å². The van der Waals surface area contributed by atoms with E-state index in [1.165, 1.54) is 6.92 Å². The van der Waals surface area contributed by atoms with Gasteiger partial charge in [0.05, 0.1) is 22.5 Å². The van der Waals surface area contributed by atoms with E-state index in [1.807, 2.05) is 41.5 Å². The fraction of sp³-hybridized carbons (Fsp3) is 1.00. The van der Waals surface area contributed by atoms with Crippen LogP contribution in [0, 0.1) is 5.92 Å². The quantitative estimate of drug-likeness (QED) is 0.187. The predicted molar refractivity (Wildman–Crippen MR) is 143 cm³/mol. The molecule has 3 N–H and O–H groups in total. The molecule has 200 valence electrons. The van der Waals surface area contributed by atoms with Crippen molar-refractivity contribution in [3.8, 4) is 0 Å². The Morgan fingerprint density at radius 1 is 1.00 bits per heavy atom. The second-order valence-corrected chi connectivity index (χ2v) is 16.1. The van der Waals surface area contributed by atoms with Crippen molar-refractivity contribution in [2.75, 3.05) is 0 Å². The first-order valence-corrected chi connectivity index (χ1v) is 16.8. The molecule has 8 atom stereocenters. The summed E-state index contributed by atoms with van der Waals surface area (Å²) in [5.41, 5.74) is -2.13. The summed E-state index contributed by atoms with van der Waals surface area (Å²) < 4.78 is 31.6. The molecule has 1 aliphatic rings. The lowest BCUT2D eigenvalue weighted by Gasteiger charge is -2.54. The molecule has 1 rings (SSSR count). The average Bonchev–Trinajstić information content (AvgIpc) is 3.19. The first-order chi connectivity index (χ1) is 15.4. The van der Waals surface area contributed by atoms with E-state index in [-0.39, 0.29) is 24.4 Å². The van der Waals surface area contributed by atoms with Crippen LogP contribution in [0.15, 0.2) is 0 Å². The summed E-state index contributed by atoms with van der Waals surface area (Å²) in [6.07, 6.45) is 3.10. The molecule has 34 heavy (non-hydrogen) atoms. The van der Waals surface area contributed by atoms with Crippen molar-refractivity contribution >= 4 is 33.7 Å². The molecule has 0 amide bonds. The molecule has 0 saturated carbocycles. The Bertz CT molecular complexity index is 778. The minimum atomic E-state index is -4.50. The predicted octanol–water partition coefficient (Wildman–Crippen LogP) is 5.83. The highest BCUT2D eigenvalue weighted by atomic mass is 32.5. The van der Waals surface area contributed by atoms with Crippen molar-refractivity contribution in [3.05, 3.63) is 0 Å². The Balaban J connectivity index is 3.50. The molecule has 0 spiro atoms. The van der Waals surface area contributed by atoms with Gasteiger partial charge in [0.15, 0.2) is 11.8 Å². The molecular weight excluding hydrogens is 493 g/mol. The normalized spacial score (nSPS) is 29.3. The fourth-order valence-electron chi connectivity index (χ4n) is 5.04. The van der Waals surface area contributed by atoms with Crippen molar-refractivity contribution in [2.45, 2.75) is 141 Å². The van der Waals surface area contributed by atoms with Gasteiger partial charge in [-0.2, -0.15) is 0 Å². The highest BCUT2D eigenvalue weighted by molar-refractivity contribution is 8.10. The smallest absolute Gasteiger partial charge is 0.359 e. The number of ether oxygens (including phenoxy) is 1. The summed E-state index contributed by atoms with van der Waals surface area (Å²) in [5.74, 6) is -0.0921. The lowest BCUT2D eigenvalue weighted by Crippen LogP contribution is -2.54. The second kappa shape index (κ2) is 11.6. The summed E-state index contributed by atoms with van der Waals surface area (Å²) >= 11 is 5.90. The summed E-state index contributed by atoms with van der Waals surface area (Å²) in [5, 5.41) is 7.53. The minimum absolute atomic E-state index is 0.0323. The molecule has 0 aromatic heterocycles. The maximum Gasteiger partial charge on any atom is 0.359 e. The number of hydrogen-bond donors (Lipinski definition) is 3. The van der Waals surface area contributed by atoms with Crippen molar-refractivity contribution in [2.24, 2.45) is 5.92 Å². The molecule has 2 radical (unpaired) electrons. The van der Waals surface area contributed by atoms with E-state index in [2.05, 4.69) is 0 Å². The topological polar surface area (TPSA) is 105 Å². The van der Waals surface area contributed by atoms with Gasteiger partial charge in [-0.3, -0.25) is 9.09 Å². The van der Waals surface area contributed by atoms with E-state index in [4.69, 9.17) is 33.4 Å². The maximum absolute atomic E-state index is 13.2. The number of hydrogen-bond acceptors (Lipinski definition) is 6. The standard InChI is InChI=1S/C23H47BO7P2S/c1-10-20(7,17(6)18-15-16-19(24)29-18)30-33(28,34)23(13-4,14-5)21(8,11-2)31-32(26,27)22(9,25)12-3/h17-19,25H,10-16H2,1-9H3,(H,26,27)(H,28,34). The van der Waals surface area contributed by atoms with E-state index in [9.17, 15) is 19.5 Å². The lowest BCUT2D eigenvalue weighted by atomic mass is 9.82. The van der Waals surface area contributed by atoms with Gasteiger partial charge in [0, 0.05) is 11.9 Å². The first-order valence-electron chi connectivity index (χ1n) is 12.6. The number of aliphatic hydroxyl groups is 1. The van der Waals surface area contributed by atoms with Crippen molar-refractivity contribution in [1.29, 1.82) is 0 Å². The van der Waals surface area contributed by atoms with E-state index in [0.29, 0.717) is 25.7 Å². The first kappa shape index (κ1) is 32.7. The molecule has 8 unspecified atom stereocenters. The zero-order chi connectivity index (χ0) is 26.8. The SMILES string of the molecule is [B]C1CCC(C(C)C(C)(CC)OP(O)(=S)C(CC)(CC)C(C)(CC)OP(=O)(O)C(C)(O)CC)O1. The van der Waals surface area contributed by atoms with Gasteiger partial charge in [0.2, 0.25) is 0 Å². The van der Waals surface area contributed by atoms with E-state index in [0.717, 1.165) is 12.8 Å². The average molecular weight is 540 g/mol. The third-order valence-corrected chi connectivity index (χ3v) is 14.9. The van der Waals surface area contributed by atoms with E-state index < -0.39 is 35.8 Å². The third-order valence-electron chi connectivity index (χ3n) is 8.61. The van der Waals surface area contributed by atoms with Gasteiger partial charge in [-0.05, 0) is 77.5 Å². The van der Waals surface area contributed by atoms with Crippen LogP contribution in [-0.4, -0.2) is 56.5 Å². The summed E-state index contributed by atoms with van der Waals surface area (Å²) in [6, 6.07) is -0.307. The highest BCUT2D eigenvalue weighted by Crippen LogP contribution is 2.71. The molecule has 0 bridgehead atoms. The van der Waals surface area contributed by atoms with Gasteiger partial charge in [-0.25, -0.2) is 0 Å². The minimum Gasteiger partial charge on any atom is -0.384 e. The molecule has 0 aromatic carbocycles. The van der Waals surface area contributed by atoms with Crippen LogP contribution in [0.5, 0.6) is 0 Å². The molecule has 0 aliphatic carbocycles. The zero-order valence-corrected chi connectivity index (χ0v) is 25.1. The van der Waals surface area contributed by atoms with Crippen molar-refractivity contribution in [3.63, 3.8) is 0 Å². The second-order valence-electron chi connectivity index (χ2n) is 10.4. The van der Waals surface area contributed by atoms with Crippen LogP contribution in [0.2, 0.25) is 0 Å². The Hall–Kier alpha value is 0.705. The van der Waals surface area contributed by atoms with E-state index >= 15 is 0 Å². The Morgan fingerprint density at radius 3 is 1.88 bits per heavy atom. The summed E-state index contributed by atoms with van der Waals surface area (Å²) in [7, 11) is 1.45. The van der Waals surface area contributed by atoms with Gasteiger partial charge >= 0.3 is 7.60 Å². The van der Waals surface area contributed by atoms with Crippen molar-refractivity contribution in [1.82, 2.24) is 0 Å². The molecule has 1 saturated heterocycles. The van der Waals surface area contributed by atoms with Crippen molar-refractivity contribution < 1.29 is 33.2 Å². The Morgan fingerprint density at radius 2 is 1.53 bits per heavy atom.